The van der Waals surface area contributed by atoms with Gasteiger partial charge in [0.1, 0.15) is 22.8 Å². The van der Waals surface area contributed by atoms with E-state index >= 15 is 0 Å². The zero-order chi connectivity index (χ0) is 29.6. The third-order valence-corrected chi connectivity index (χ3v) is 7.99. The Morgan fingerprint density at radius 3 is 2.40 bits per heavy atom. The van der Waals surface area contributed by atoms with E-state index in [0.29, 0.717) is 77.5 Å². The smallest absolute Gasteiger partial charge is 0.259 e. The molecule has 2 heterocycles. The first-order valence-electron chi connectivity index (χ1n) is 13.5. The molecule has 0 saturated carbocycles. The predicted molar refractivity (Wildman–Crippen MR) is 161 cm³/mol. The van der Waals surface area contributed by atoms with Crippen LogP contribution in [0.15, 0.2) is 71.3 Å². The monoisotopic (exact) mass is 604 g/mol. The van der Waals surface area contributed by atoms with Crippen LogP contribution in [0, 0.1) is 18.3 Å². The van der Waals surface area contributed by atoms with Gasteiger partial charge in [-0.1, -0.05) is 58.7 Å². The van der Waals surface area contributed by atoms with E-state index in [9.17, 15) is 4.79 Å². The van der Waals surface area contributed by atoms with Crippen molar-refractivity contribution in [2.24, 2.45) is 0 Å². The lowest BCUT2D eigenvalue weighted by molar-refractivity contribution is 0.00333. The number of ether oxygens (including phenoxy) is 2. The summed E-state index contributed by atoms with van der Waals surface area (Å²) in [5.41, 5.74) is 3.81. The fourth-order valence-electron chi connectivity index (χ4n) is 5.01. The molecule has 1 aliphatic heterocycles. The first-order chi connectivity index (χ1) is 20.4. The second kappa shape index (κ2) is 13.4. The molecule has 1 aliphatic rings. The maximum absolute atomic E-state index is 13.7. The van der Waals surface area contributed by atoms with Crippen LogP contribution in [-0.4, -0.2) is 60.7 Å². The normalized spacial score (nSPS) is 14.4. The summed E-state index contributed by atoms with van der Waals surface area (Å²) < 4.78 is 17.3. The standard InChI is InChI=1S/C32H30Cl2N4O4/c1-21-29(31(36-42-21)30-26(33)7-4-8-27(30)34)32(39)38-15-13-37(14-16-38)19-28(24-5-3-6-25(17-24)40-2)41-20-23-11-9-22(18-35)10-12-23/h3-12,17,28H,13-16,19-20H2,1-2H3/t28-/m1/s1. The van der Waals surface area contributed by atoms with E-state index in [1.54, 1.807) is 44.4 Å². The summed E-state index contributed by atoms with van der Waals surface area (Å²) in [4.78, 5) is 17.8. The van der Waals surface area contributed by atoms with Gasteiger partial charge in [-0.15, -0.1) is 0 Å². The fourth-order valence-corrected chi connectivity index (χ4v) is 5.59. The van der Waals surface area contributed by atoms with Gasteiger partial charge in [0.25, 0.3) is 5.91 Å². The SMILES string of the molecule is COc1cccc([C@@H](CN2CCN(C(=O)c3c(-c4c(Cl)cccc4Cl)noc3C)CC2)OCc2ccc(C#N)cc2)c1. The van der Waals surface area contributed by atoms with Crippen molar-refractivity contribution in [1.82, 2.24) is 15.0 Å². The topological polar surface area (TPSA) is 91.8 Å². The second-order valence-electron chi connectivity index (χ2n) is 10.0. The Morgan fingerprint density at radius 2 is 1.74 bits per heavy atom. The maximum atomic E-state index is 13.7. The molecule has 8 nitrogen and oxygen atoms in total. The molecule has 0 N–H and O–H groups in total. The van der Waals surface area contributed by atoms with E-state index in [0.717, 1.165) is 16.9 Å². The zero-order valence-corrected chi connectivity index (χ0v) is 24.9. The van der Waals surface area contributed by atoms with Crippen LogP contribution in [0.3, 0.4) is 0 Å². The van der Waals surface area contributed by atoms with Crippen LogP contribution in [0.4, 0.5) is 0 Å². The lowest BCUT2D eigenvalue weighted by atomic mass is 10.0. The van der Waals surface area contributed by atoms with Gasteiger partial charge in [0, 0.05) is 38.3 Å². The molecule has 1 atom stereocenters. The lowest BCUT2D eigenvalue weighted by Crippen LogP contribution is -2.49. The van der Waals surface area contributed by atoms with Crippen molar-refractivity contribution in [3.8, 4) is 23.1 Å². The second-order valence-corrected chi connectivity index (χ2v) is 10.9. The number of aryl methyl sites for hydroxylation is 1. The first-order valence-corrected chi connectivity index (χ1v) is 14.3. The van der Waals surface area contributed by atoms with Gasteiger partial charge >= 0.3 is 0 Å². The molecule has 5 rings (SSSR count). The van der Waals surface area contributed by atoms with E-state index in [-0.39, 0.29) is 12.0 Å². The van der Waals surface area contributed by atoms with E-state index in [4.69, 9.17) is 42.5 Å². The molecule has 10 heteroatoms. The van der Waals surface area contributed by atoms with Gasteiger partial charge < -0.3 is 18.9 Å². The van der Waals surface area contributed by atoms with Gasteiger partial charge in [-0.3, -0.25) is 9.69 Å². The molecule has 1 saturated heterocycles. The highest BCUT2D eigenvalue weighted by Gasteiger charge is 2.31. The molecule has 42 heavy (non-hydrogen) atoms. The number of hydrogen-bond acceptors (Lipinski definition) is 7. The van der Waals surface area contributed by atoms with Gasteiger partial charge in [0.15, 0.2) is 0 Å². The largest absolute Gasteiger partial charge is 0.497 e. The fraction of sp³-hybridized carbons (Fsp3) is 0.281. The Morgan fingerprint density at radius 1 is 1.05 bits per heavy atom. The number of nitrogens with zero attached hydrogens (tertiary/aromatic N) is 4. The summed E-state index contributed by atoms with van der Waals surface area (Å²) in [5, 5.41) is 14.0. The number of piperazine rings is 1. The number of hydrogen-bond donors (Lipinski definition) is 0. The van der Waals surface area contributed by atoms with Crippen molar-refractivity contribution in [3.05, 3.63) is 105 Å². The molecule has 1 amide bonds. The van der Waals surface area contributed by atoms with Crippen molar-refractivity contribution >= 4 is 29.1 Å². The molecule has 1 fully saturated rings. The Hall–Kier alpha value is -3.87. The summed E-state index contributed by atoms with van der Waals surface area (Å²) in [6.45, 7) is 5.14. The molecule has 0 unspecified atom stereocenters. The lowest BCUT2D eigenvalue weighted by Gasteiger charge is -2.36. The quantitative estimate of drug-likeness (QED) is 0.214. The first kappa shape index (κ1) is 29.6. The van der Waals surface area contributed by atoms with Crippen LogP contribution < -0.4 is 4.74 Å². The van der Waals surface area contributed by atoms with Gasteiger partial charge in [-0.25, -0.2) is 0 Å². The van der Waals surface area contributed by atoms with Gasteiger partial charge in [0.2, 0.25) is 0 Å². The predicted octanol–water partition coefficient (Wildman–Crippen LogP) is 6.55. The van der Waals surface area contributed by atoms with E-state index in [1.807, 2.05) is 41.3 Å². The molecule has 0 radical (unpaired) electrons. The molecule has 0 bridgehead atoms. The highest BCUT2D eigenvalue weighted by molar-refractivity contribution is 6.39. The third-order valence-electron chi connectivity index (χ3n) is 7.36. The van der Waals surface area contributed by atoms with Crippen LogP contribution in [-0.2, 0) is 11.3 Å². The van der Waals surface area contributed by atoms with Gasteiger partial charge in [0.05, 0.1) is 41.5 Å². The van der Waals surface area contributed by atoms with Crippen LogP contribution in [0.1, 0.15) is 38.9 Å². The van der Waals surface area contributed by atoms with Crippen molar-refractivity contribution in [2.75, 3.05) is 39.8 Å². The van der Waals surface area contributed by atoms with Crippen molar-refractivity contribution in [2.45, 2.75) is 19.6 Å². The van der Waals surface area contributed by atoms with Crippen LogP contribution >= 0.6 is 23.2 Å². The minimum Gasteiger partial charge on any atom is -0.497 e. The highest BCUT2D eigenvalue weighted by atomic mass is 35.5. The Kier molecular flexibility index (Phi) is 9.45. The molecule has 1 aromatic heterocycles. The number of amides is 1. The molecule has 3 aromatic carbocycles. The molecular formula is C32H30Cl2N4O4. The van der Waals surface area contributed by atoms with Gasteiger partial charge in [-0.2, -0.15) is 5.26 Å². The zero-order valence-electron chi connectivity index (χ0n) is 23.3. The molecule has 0 spiro atoms. The van der Waals surface area contributed by atoms with Crippen LogP contribution in [0.2, 0.25) is 10.0 Å². The number of benzene rings is 3. The summed E-state index contributed by atoms with van der Waals surface area (Å²) in [6, 6.07) is 22.6. The van der Waals surface area contributed by atoms with Crippen LogP contribution in [0.5, 0.6) is 5.75 Å². The molecular weight excluding hydrogens is 575 g/mol. The van der Waals surface area contributed by atoms with Crippen molar-refractivity contribution < 1.29 is 18.8 Å². The van der Waals surface area contributed by atoms with E-state index < -0.39 is 0 Å². The number of carbonyl (C=O) groups is 1. The van der Waals surface area contributed by atoms with Gasteiger partial charge in [-0.05, 0) is 54.4 Å². The average Bonchev–Trinajstić information content (AvgIpc) is 3.39. The number of aromatic nitrogens is 1. The Balaban J connectivity index is 1.28. The molecule has 0 aliphatic carbocycles. The highest BCUT2D eigenvalue weighted by Crippen LogP contribution is 2.37. The summed E-state index contributed by atoms with van der Waals surface area (Å²) in [5.74, 6) is 1.01. The number of rotatable bonds is 9. The summed E-state index contributed by atoms with van der Waals surface area (Å²) in [6.07, 6.45) is -0.229. The molecule has 216 valence electrons. The van der Waals surface area contributed by atoms with E-state index in [2.05, 4.69) is 16.1 Å². The number of nitriles is 1. The summed E-state index contributed by atoms with van der Waals surface area (Å²) >= 11 is 12.8. The van der Waals surface area contributed by atoms with Crippen molar-refractivity contribution in [1.29, 1.82) is 5.26 Å². The number of carbonyl (C=O) groups excluding carboxylic acids is 1. The third kappa shape index (κ3) is 6.61. The Labute approximate surface area is 254 Å². The van der Waals surface area contributed by atoms with E-state index in [1.165, 1.54) is 0 Å². The molecule has 4 aromatic rings. The number of methoxy groups -OCH3 is 1. The van der Waals surface area contributed by atoms with Crippen molar-refractivity contribution in [3.63, 3.8) is 0 Å². The maximum Gasteiger partial charge on any atom is 0.259 e. The number of halogens is 2. The minimum absolute atomic E-state index is 0.166. The summed E-state index contributed by atoms with van der Waals surface area (Å²) in [7, 11) is 1.64. The average molecular weight is 606 g/mol. The minimum atomic E-state index is -0.229. The Bertz CT molecular complexity index is 1570. The van der Waals surface area contributed by atoms with Crippen LogP contribution in [0.25, 0.3) is 11.3 Å².